The summed E-state index contributed by atoms with van der Waals surface area (Å²) in [7, 11) is 6.00. The molecule has 1 aromatic carbocycles. The Morgan fingerprint density at radius 3 is 2.58 bits per heavy atom. The third kappa shape index (κ3) is 4.37. The highest BCUT2D eigenvalue weighted by molar-refractivity contribution is 14.0. The minimum Gasteiger partial charge on any atom is -0.349 e. The molecule has 0 saturated carbocycles. The summed E-state index contributed by atoms with van der Waals surface area (Å²) in [4.78, 5) is 8.88. The summed E-state index contributed by atoms with van der Waals surface area (Å²) in [5.74, 6) is 1.86. The van der Waals surface area contributed by atoms with Crippen molar-refractivity contribution < 1.29 is 0 Å². The zero-order valence-corrected chi connectivity index (χ0v) is 14.4. The van der Waals surface area contributed by atoms with Gasteiger partial charge in [-0.1, -0.05) is 30.3 Å². The molecule has 1 saturated heterocycles. The first-order chi connectivity index (χ1) is 8.70. The van der Waals surface area contributed by atoms with Crippen molar-refractivity contribution in [3.8, 4) is 0 Å². The normalized spacial score (nSPS) is 19.2. The van der Waals surface area contributed by atoms with E-state index in [1.807, 2.05) is 7.05 Å². The van der Waals surface area contributed by atoms with E-state index in [1.165, 1.54) is 18.4 Å². The van der Waals surface area contributed by atoms with Crippen LogP contribution in [0, 0.1) is 5.92 Å². The van der Waals surface area contributed by atoms with Crippen LogP contribution in [0.3, 0.4) is 0 Å². The Kier molecular flexibility index (Phi) is 6.62. The number of hydrogen-bond acceptors (Lipinski definition) is 1. The lowest BCUT2D eigenvalue weighted by molar-refractivity contribution is 0.411. The lowest BCUT2D eigenvalue weighted by Gasteiger charge is -2.26. The highest BCUT2D eigenvalue weighted by Crippen LogP contribution is 2.21. The minimum absolute atomic E-state index is 0. The van der Waals surface area contributed by atoms with Crippen LogP contribution in [0.15, 0.2) is 35.3 Å². The molecule has 0 bridgehead atoms. The van der Waals surface area contributed by atoms with Crippen molar-refractivity contribution in [2.24, 2.45) is 10.9 Å². The standard InChI is InChI=1S/C15H23N3.HI/c1-16-15(17(2)3)18-10-9-14(12-18)11-13-7-5-4-6-8-13;/h4-8,14H,9-12H2,1-3H3;1H. The Morgan fingerprint density at radius 1 is 1.32 bits per heavy atom. The lowest BCUT2D eigenvalue weighted by atomic mass is 9.99. The fraction of sp³-hybridized carbons (Fsp3) is 0.533. The summed E-state index contributed by atoms with van der Waals surface area (Å²) in [5.41, 5.74) is 1.45. The molecular formula is C15H24IN3. The van der Waals surface area contributed by atoms with Gasteiger partial charge in [0.2, 0.25) is 0 Å². The van der Waals surface area contributed by atoms with Crippen LogP contribution in [0.2, 0.25) is 0 Å². The fourth-order valence-corrected chi connectivity index (χ4v) is 2.75. The average Bonchev–Trinajstić information content (AvgIpc) is 2.79. The zero-order chi connectivity index (χ0) is 13.0. The molecule has 106 valence electrons. The third-order valence-corrected chi connectivity index (χ3v) is 3.54. The number of benzene rings is 1. The molecule has 0 amide bonds. The van der Waals surface area contributed by atoms with Crippen LogP contribution in [0.5, 0.6) is 0 Å². The Hall–Kier alpha value is -0.780. The van der Waals surface area contributed by atoms with Crippen molar-refractivity contribution >= 4 is 29.9 Å². The molecule has 1 aliphatic rings. The van der Waals surface area contributed by atoms with Gasteiger partial charge < -0.3 is 9.80 Å². The average molecular weight is 373 g/mol. The molecule has 1 aliphatic heterocycles. The third-order valence-electron chi connectivity index (χ3n) is 3.54. The molecule has 0 aromatic heterocycles. The molecule has 4 heteroatoms. The first-order valence-corrected chi connectivity index (χ1v) is 6.63. The molecule has 2 rings (SSSR count). The molecule has 1 fully saturated rings. The van der Waals surface area contributed by atoms with Crippen LogP contribution < -0.4 is 0 Å². The highest BCUT2D eigenvalue weighted by atomic mass is 127. The largest absolute Gasteiger partial charge is 0.349 e. The van der Waals surface area contributed by atoms with Crippen molar-refractivity contribution in [1.29, 1.82) is 0 Å². The quantitative estimate of drug-likeness (QED) is 0.451. The zero-order valence-electron chi connectivity index (χ0n) is 12.0. The number of aliphatic imine (C=N–C) groups is 1. The van der Waals surface area contributed by atoms with E-state index in [9.17, 15) is 0 Å². The summed E-state index contributed by atoms with van der Waals surface area (Å²) >= 11 is 0. The fourth-order valence-electron chi connectivity index (χ4n) is 2.75. The highest BCUT2D eigenvalue weighted by Gasteiger charge is 2.25. The van der Waals surface area contributed by atoms with Crippen LogP contribution in [-0.2, 0) is 6.42 Å². The SMILES string of the molecule is CN=C(N(C)C)N1CCC(Cc2ccccc2)C1.I. The van der Waals surface area contributed by atoms with Gasteiger partial charge in [-0.15, -0.1) is 24.0 Å². The smallest absolute Gasteiger partial charge is 0.195 e. The number of guanidine groups is 1. The predicted octanol–water partition coefficient (Wildman–Crippen LogP) is 2.72. The van der Waals surface area contributed by atoms with Crippen molar-refractivity contribution in [2.45, 2.75) is 12.8 Å². The second-order valence-corrected chi connectivity index (χ2v) is 5.21. The second kappa shape index (κ2) is 7.72. The van der Waals surface area contributed by atoms with Crippen molar-refractivity contribution in [3.63, 3.8) is 0 Å². The van der Waals surface area contributed by atoms with Gasteiger partial charge in [0.15, 0.2) is 5.96 Å². The summed E-state index contributed by atoms with van der Waals surface area (Å²) in [6, 6.07) is 10.8. The topological polar surface area (TPSA) is 18.8 Å². The maximum absolute atomic E-state index is 4.38. The Bertz CT molecular complexity index is 403. The van der Waals surface area contributed by atoms with Gasteiger partial charge in [-0.25, -0.2) is 0 Å². The van der Waals surface area contributed by atoms with Gasteiger partial charge in [0.05, 0.1) is 0 Å². The van der Waals surface area contributed by atoms with Gasteiger partial charge >= 0.3 is 0 Å². The molecule has 0 radical (unpaired) electrons. The molecule has 1 atom stereocenters. The number of likely N-dealkylation sites (tertiary alicyclic amines) is 1. The Morgan fingerprint density at radius 2 is 2.00 bits per heavy atom. The molecular weight excluding hydrogens is 349 g/mol. The lowest BCUT2D eigenvalue weighted by Crippen LogP contribution is -2.39. The minimum atomic E-state index is 0. The van der Waals surface area contributed by atoms with E-state index in [2.05, 4.69) is 59.2 Å². The number of hydrogen-bond donors (Lipinski definition) is 0. The first kappa shape index (κ1) is 16.3. The van der Waals surface area contributed by atoms with Crippen molar-refractivity contribution in [3.05, 3.63) is 35.9 Å². The van der Waals surface area contributed by atoms with E-state index < -0.39 is 0 Å². The Balaban J connectivity index is 0.00000180. The van der Waals surface area contributed by atoms with Gasteiger partial charge in [-0.05, 0) is 24.3 Å². The molecule has 0 spiro atoms. The monoisotopic (exact) mass is 373 g/mol. The molecule has 3 nitrogen and oxygen atoms in total. The second-order valence-electron chi connectivity index (χ2n) is 5.21. The maximum atomic E-state index is 4.38. The van der Waals surface area contributed by atoms with Crippen LogP contribution >= 0.6 is 24.0 Å². The van der Waals surface area contributed by atoms with Gasteiger partial charge in [0, 0.05) is 34.2 Å². The van der Waals surface area contributed by atoms with E-state index in [1.54, 1.807) is 0 Å². The molecule has 0 aliphatic carbocycles. The van der Waals surface area contributed by atoms with Gasteiger partial charge in [-0.3, -0.25) is 4.99 Å². The van der Waals surface area contributed by atoms with Crippen LogP contribution in [0.1, 0.15) is 12.0 Å². The summed E-state index contributed by atoms with van der Waals surface area (Å²) < 4.78 is 0. The van der Waals surface area contributed by atoms with Crippen molar-refractivity contribution in [2.75, 3.05) is 34.2 Å². The van der Waals surface area contributed by atoms with E-state index in [0.717, 1.165) is 25.0 Å². The Labute approximate surface area is 133 Å². The molecule has 0 N–H and O–H groups in total. The van der Waals surface area contributed by atoms with Gasteiger partial charge in [0.1, 0.15) is 0 Å². The molecule has 1 heterocycles. The van der Waals surface area contributed by atoms with E-state index in [4.69, 9.17) is 0 Å². The van der Waals surface area contributed by atoms with E-state index >= 15 is 0 Å². The number of nitrogens with zero attached hydrogens (tertiary/aromatic N) is 3. The van der Waals surface area contributed by atoms with E-state index in [-0.39, 0.29) is 24.0 Å². The van der Waals surface area contributed by atoms with Crippen LogP contribution in [0.4, 0.5) is 0 Å². The first-order valence-electron chi connectivity index (χ1n) is 6.63. The summed E-state index contributed by atoms with van der Waals surface area (Å²) in [6.07, 6.45) is 2.45. The van der Waals surface area contributed by atoms with Gasteiger partial charge in [-0.2, -0.15) is 0 Å². The van der Waals surface area contributed by atoms with Crippen LogP contribution in [0.25, 0.3) is 0 Å². The molecule has 19 heavy (non-hydrogen) atoms. The summed E-state index contributed by atoms with van der Waals surface area (Å²) in [5, 5.41) is 0. The molecule has 1 unspecified atom stereocenters. The maximum Gasteiger partial charge on any atom is 0.195 e. The van der Waals surface area contributed by atoms with Crippen LogP contribution in [-0.4, -0.2) is 50.0 Å². The summed E-state index contributed by atoms with van der Waals surface area (Å²) in [6.45, 7) is 2.25. The van der Waals surface area contributed by atoms with Gasteiger partial charge in [0.25, 0.3) is 0 Å². The number of halogens is 1. The molecule has 1 aromatic rings. The van der Waals surface area contributed by atoms with E-state index in [0.29, 0.717) is 0 Å². The number of rotatable bonds is 2. The predicted molar refractivity (Wildman–Crippen MR) is 92.3 cm³/mol. The van der Waals surface area contributed by atoms with Crippen molar-refractivity contribution in [1.82, 2.24) is 9.80 Å².